The molecule has 1 fully saturated rings. The first kappa shape index (κ1) is 21.1. The van der Waals surface area contributed by atoms with Gasteiger partial charge in [0.1, 0.15) is 5.76 Å². The van der Waals surface area contributed by atoms with Crippen LogP contribution in [0.3, 0.4) is 0 Å². The molecule has 0 aromatic carbocycles. The predicted octanol–water partition coefficient (Wildman–Crippen LogP) is 2.85. The van der Waals surface area contributed by atoms with Gasteiger partial charge in [0.25, 0.3) is 0 Å². The Bertz CT molecular complexity index is 831. The minimum absolute atomic E-state index is 0.0372. The number of aryl methyl sites for hydroxylation is 1. The highest BCUT2D eigenvalue weighted by Crippen LogP contribution is 2.21. The van der Waals surface area contributed by atoms with E-state index in [0.29, 0.717) is 44.8 Å². The largest absolute Gasteiger partial charge is 0.467 e. The molecule has 3 heterocycles. The van der Waals surface area contributed by atoms with Gasteiger partial charge in [0.05, 0.1) is 24.9 Å². The van der Waals surface area contributed by atoms with Crippen molar-refractivity contribution in [2.75, 3.05) is 13.1 Å². The first-order chi connectivity index (χ1) is 13.8. The SMILES string of the molecule is Cc1nn(CC(C)C)c(C)c1CC(=O)N1CCC(C(=O)NCc2ccco2)CC1. The molecule has 2 amide bonds. The minimum atomic E-state index is -0.0497. The van der Waals surface area contributed by atoms with Crippen LogP contribution in [0.2, 0.25) is 0 Å². The van der Waals surface area contributed by atoms with Crippen LogP contribution in [0.15, 0.2) is 22.8 Å². The number of hydrogen-bond donors (Lipinski definition) is 1. The van der Waals surface area contributed by atoms with E-state index in [9.17, 15) is 9.59 Å². The molecule has 0 saturated carbocycles. The fraction of sp³-hybridized carbons (Fsp3) is 0.591. The van der Waals surface area contributed by atoms with Crippen molar-refractivity contribution >= 4 is 11.8 Å². The highest BCUT2D eigenvalue weighted by atomic mass is 16.3. The lowest BCUT2D eigenvalue weighted by atomic mass is 9.95. The van der Waals surface area contributed by atoms with Gasteiger partial charge in [-0.25, -0.2) is 0 Å². The molecule has 1 saturated heterocycles. The van der Waals surface area contributed by atoms with E-state index in [1.807, 2.05) is 35.6 Å². The maximum atomic E-state index is 12.8. The molecule has 1 aliphatic rings. The monoisotopic (exact) mass is 400 g/mol. The third-order valence-electron chi connectivity index (χ3n) is 5.63. The van der Waals surface area contributed by atoms with Gasteiger partial charge >= 0.3 is 0 Å². The van der Waals surface area contributed by atoms with Gasteiger partial charge in [0.15, 0.2) is 0 Å². The number of carbonyl (C=O) groups excluding carboxylic acids is 2. The summed E-state index contributed by atoms with van der Waals surface area (Å²) in [5, 5.41) is 7.54. The van der Waals surface area contributed by atoms with Gasteiger partial charge in [-0.2, -0.15) is 5.10 Å². The first-order valence-electron chi connectivity index (χ1n) is 10.5. The number of nitrogens with one attached hydrogen (secondary N) is 1. The third kappa shape index (κ3) is 5.28. The second-order valence-electron chi connectivity index (χ2n) is 8.35. The van der Waals surface area contributed by atoms with Gasteiger partial charge in [0.2, 0.25) is 11.8 Å². The molecular weight excluding hydrogens is 368 g/mol. The number of amides is 2. The lowest BCUT2D eigenvalue weighted by Gasteiger charge is -2.31. The van der Waals surface area contributed by atoms with E-state index in [4.69, 9.17) is 4.42 Å². The Kier molecular flexibility index (Phi) is 6.77. The fourth-order valence-corrected chi connectivity index (χ4v) is 3.90. The Hall–Kier alpha value is -2.57. The van der Waals surface area contributed by atoms with Gasteiger partial charge in [0, 0.05) is 36.8 Å². The number of piperidine rings is 1. The fourth-order valence-electron chi connectivity index (χ4n) is 3.90. The Balaban J connectivity index is 1.50. The maximum absolute atomic E-state index is 12.8. The zero-order valence-electron chi connectivity index (χ0n) is 17.9. The van der Waals surface area contributed by atoms with Crippen molar-refractivity contribution in [2.45, 2.75) is 60.0 Å². The summed E-state index contributed by atoms with van der Waals surface area (Å²) in [6.45, 7) is 10.9. The van der Waals surface area contributed by atoms with Crippen LogP contribution in [0.25, 0.3) is 0 Å². The van der Waals surface area contributed by atoms with Crippen LogP contribution in [0.1, 0.15) is 49.4 Å². The smallest absolute Gasteiger partial charge is 0.227 e. The average molecular weight is 401 g/mol. The third-order valence-corrected chi connectivity index (χ3v) is 5.63. The molecule has 3 rings (SSSR count). The Morgan fingerprint density at radius 3 is 2.62 bits per heavy atom. The Labute approximate surface area is 172 Å². The van der Waals surface area contributed by atoms with Crippen LogP contribution in [-0.2, 0) is 29.1 Å². The van der Waals surface area contributed by atoms with E-state index in [1.54, 1.807) is 6.26 Å². The molecule has 0 atom stereocenters. The van der Waals surface area contributed by atoms with Crippen molar-refractivity contribution in [3.63, 3.8) is 0 Å². The van der Waals surface area contributed by atoms with Crippen molar-refractivity contribution in [3.8, 4) is 0 Å². The van der Waals surface area contributed by atoms with Gasteiger partial charge in [-0.05, 0) is 44.7 Å². The molecule has 0 bridgehead atoms. The summed E-state index contributed by atoms with van der Waals surface area (Å²) in [7, 11) is 0. The van der Waals surface area contributed by atoms with E-state index in [-0.39, 0.29) is 17.7 Å². The summed E-state index contributed by atoms with van der Waals surface area (Å²) in [5.41, 5.74) is 3.05. The molecule has 7 heteroatoms. The second kappa shape index (κ2) is 9.29. The van der Waals surface area contributed by atoms with Crippen LogP contribution in [0, 0.1) is 25.7 Å². The van der Waals surface area contributed by atoms with Crippen LogP contribution in [-0.4, -0.2) is 39.6 Å². The van der Waals surface area contributed by atoms with Gasteiger partial charge in [-0.1, -0.05) is 13.8 Å². The summed E-state index contributed by atoms with van der Waals surface area (Å²) >= 11 is 0. The Morgan fingerprint density at radius 2 is 2.00 bits per heavy atom. The lowest BCUT2D eigenvalue weighted by molar-refractivity contribution is -0.135. The highest BCUT2D eigenvalue weighted by Gasteiger charge is 2.28. The lowest BCUT2D eigenvalue weighted by Crippen LogP contribution is -2.43. The van der Waals surface area contributed by atoms with Gasteiger partial charge in [-0.3, -0.25) is 14.3 Å². The molecule has 2 aromatic rings. The number of carbonyl (C=O) groups is 2. The zero-order valence-corrected chi connectivity index (χ0v) is 17.9. The number of likely N-dealkylation sites (tertiary alicyclic amines) is 1. The van der Waals surface area contributed by atoms with E-state index >= 15 is 0 Å². The van der Waals surface area contributed by atoms with Gasteiger partial charge in [-0.15, -0.1) is 0 Å². The molecule has 0 aliphatic carbocycles. The van der Waals surface area contributed by atoms with Crippen molar-refractivity contribution in [1.82, 2.24) is 20.0 Å². The molecule has 1 aliphatic heterocycles. The number of furan rings is 1. The van der Waals surface area contributed by atoms with Crippen molar-refractivity contribution in [2.24, 2.45) is 11.8 Å². The number of rotatable bonds is 7. The van der Waals surface area contributed by atoms with Crippen molar-refractivity contribution in [3.05, 3.63) is 41.1 Å². The van der Waals surface area contributed by atoms with Gasteiger partial charge < -0.3 is 14.6 Å². The summed E-state index contributed by atoms with van der Waals surface area (Å²) in [6.07, 6.45) is 3.37. The minimum Gasteiger partial charge on any atom is -0.467 e. The Morgan fingerprint density at radius 1 is 1.28 bits per heavy atom. The van der Waals surface area contributed by atoms with E-state index in [2.05, 4.69) is 24.3 Å². The van der Waals surface area contributed by atoms with E-state index in [1.165, 1.54) is 0 Å². The van der Waals surface area contributed by atoms with E-state index in [0.717, 1.165) is 29.3 Å². The molecule has 7 nitrogen and oxygen atoms in total. The summed E-state index contributed by atoms with van der Waals surface area (Å²) in [6, 6.07) is 3.65. The van der Waals surface area contributed by atoms with Crippen LogP contribution >= 0.6 is 0 Å². The summed E-state index contributed by atoms with van der Waals surface area (Å²) < 4.78 is 7.26. The number of hydrogen-bond acceptors (Lipinski definition) is 4. The molecule has 1 N–H and O–H groups in total. The first-order valence-corrected chi connectivity index (χ1v) is 10.5. The molecule has 158 valence electrons. The molecule has 29 heavy (non-hydrogen) atoms. The van der Waals surface area contributed by atoms with E-state index < -0.39 is 0 Å². The van der Waals surface area contributed by atoms with Crippen LogP contribution < -0.4 is 5.32 Å². The normalized spacial score (nSPS) is 15.1. The highest BCUT2D eigenvalue weighted by molar-refractivity contribution is 5.81. The van der Waals surface area contributed by atoms with Crippen LogP contribution in [0.5, 0.6) is 0 Å². The average Bonchev–Trinajstić information content (AvgIpc) is 3.30. The summed E-state index contributed by atoms with van der Waals surface area (Å²) in [5.74, 6) is 1.36. The van der Waals surface area contributed by atoms with Crippen molar-refractivity contribution in [1.29, 1.82) is 0 Å². The second-order valence-corrected chi connectivity index (χ2v) is 8.35. The quantitative estimate of drug-likeness (QED) is 0.775. The molecule has 0 spiro atoms. The van der Waals surface area contributed by atoms with Crippen molar-refractivity contribution < 1.29 is 14.0 Å². The van der Waals surface area contributed by atoms with Crippen LogP contribution in [0.4, 0.5) is 0 Å². The molecule has 0 unspecified atom stereocenters. The molecule has 2 aromatic heterocycles. The standard InChI is InChI=1S/C22H32N4O3/c1-15(2)14-26-17(4)20(16(3)24-26)12-21(27)25-9-7-18(8-10-25)22(28)23-13-19-6-5-11-29-19/h5-6,11,15,18H,7-10,12-14H2,1-4H3,(H,23,28). The maximum Gasteiger partial charge on any atom is 0.227 e. The molecular formula is C22H32N4O3. The number of aromatic nitrogens is 2. The zero-order chi connectivity index (χ0) is 21.0. The predicted molar refractivity (Wildman–Crippen MR) is 110 cm³/mol. The molecule has 0 radical (unpaired) electrons. The topological polar surface area (TPSA) is 80.4 Å². The summed E-state index contributed by atoms with van der Waals surface area (Å²) in [4.78, 5) is 27.1. The number of nitrogens with zero attached hydrogens (tertiary/aromatic N) is 3.